The minimum atomic E-state index is 0.429. The van der Waals surface area contributed by atoms with E-state index in [0.717, 1.165) is 49.6 Å². The Hall–Kier alpha value is -2.06. The van der Waals surface area contributed by atoms with Gasteiger partial charge in [0, 0.05) is 6.54 Å². The second kappa shape index (κ2) is 10.9. The summed E-state index contributed by atoms with van der Waals surface area (Å²) in [5.74, 6) is 3.73. The Bertz CT molecular complexity index is 1030. The van der Waals surface area contributed by atoms with E-state index in [1.54, 1.807) is 0 Å². The zero-order valence-corrected chi connectivity index (χ0v) is 21.9. The summed E-state index contributed by atoms with van der Waals surface area (Å²) in [5.41, 5.74) is 5.76. The van der Waals surface area contributed by atoms with Crippen LogP contribution in [-0.4, -0.2) is 11.7 Å². The van der Waals surface area contributed by atoms with Gasteiger partial charge in [-0.2, -0.15) is 0 Å². The summed E-state index contributed by atoms with van der Waals surface area (Å²) in [7, 11) is 0. The minimum Gasteiger partial charge on any atom is -0.508 e. The van der Waals surface area contributed by atoms with E-state index in [9.17, 15) is 5.11 Å². The van der Waals surface area contributed by atoms with Crippen LogP contribution < -0.4 is 5.32 Å². The van der Waals surface area contributed by atoms with Gasteiger partial charge in [-0.05, 0) is 121 Å². The van der Waals surface area contributed by atoms with Gasteiger partial charge in [0.1, 0.15) is 5.75 Å². The van der Waals surface area contributed by atoms with Gasteiger partial charge >= 0.3 is 0 Å². The molecule has 0 bridgehead atoms. The standard InChI is InChI=1S/C33H45NO/c1-3-34-23-29-11-5-4-10-27(29)18-25-17-26(21-30(35)20-25)19-28-12-6-14-32-31(28)13-8-16-33(32)15-7-9-24(2)22-33/h4-5,7,10-11,15,17,20-21,24,28,31-32,34-35H,3,6,8-9,12-14,16,18-19,22-23H2,1-2H3/t24-,28-,31-,32+,33+/m0/s1. The van der Waals surface area contributed by atoms with Crippen molar-refractivity contribution in [2.24, 2.45) is 29.1 Å². The van der Waals surface area contributed by atoms with E-state index in [1.165, 1.54) is 73.6 Å². The predicted octanol–water partition coefficient (Wildman–Crippen LogP) is 7.82. The maximum absolute atomic E-state index is 10.7. The number of benzene rings is 2. The van der Waals surface area contributed by atoms with Crippen LogP contribution in [0.2, 0.25) is 0 Å². The first-order valence-corrected chi connectivity index (χ1v) is 14.3. The summed E-state index contributed by atoms with van der Waals surface area (Å²) in [4.78, 5) is 0. The van der Waals surface area contributed by atoms with Gasteiger partial charge < -0.3 is 10.4 Å². The van der Waals surface area contributed by atoms with Crippen molar-refractivity contribution in [1.29, 1.82) is 0 Å². The molecule has 0 aromatic heterocycles. The van der Waals surface area contributed by atoms with E-state index in [-0.39, 0.29) is 0 Å². The lowest BCUT2D eigenvalue weighted by Crippen LogP contribution is -2.45. The van der Waals surface area contributed by atoms with Crippen LogP contribution in [0, 0.1) is 29.1 Å². The summed E-state index contributed by atoms with van der Waals surface area (Å²) in [5, 5.41) is 14.1. The van der Waals surface area contributed by atoms with Crippen molar-refractivity contribution in [2.75, 3.05) is 6.54 Å². The summed E-state index contributed by atoms with van der Waals surface area (Å²) in [6, 6.07) is 15.1. The number of phenolic OH excluding ortho intramolecular Hbond substituents is 1. The number of fused-ring (bicyclic) bond motifs is 2. The number of hydrogen-bond donors (Lipinski definition) is 2. The highest BCUT2D eigenvalue weighted by Gasteiger charge is 2.48. The monoisotopic (exact) mass is 471 g/mol. The Morgan fingerprint density at radius 3 is 2.66 bits per heavy atom. The van der Waals surface area contributed by atoms with E-state index < -0.39 is 0 Å². The van der Waals surface area contributed by atoms with Gasteiger partial charge in [-0.1, -0.05) is 69.2 Å². The number of allylic oxidation sites excluding steroid dienone is 2. The molecule has 2 heteroatoms. The first-order chi connectivity index (χ1) is 17.1. The fourth-order valence-corrected chi connectivity index (χ4v) is 8.06. The third kappa shape index (κ3) is 5.53. The van der Waals surface area contributed by atoms with Crippen molar-refractivity contribution in [3.8, 4) is 5.75 Å². The van der Waals surface area contributed by atoms with Crippen LogP contribution in [0.25, 0.3) is 0 Å². The number of aromatic hydroxyl groups is 1. The summed E-state index contributed by atoms with van der Waals surface area (Å²) < 4.78 is 0. The number of nitrogens with one attached hydrogen (secondary N) is 1. The highest BCUT2D eigenvalue weighted by molar-refractivity contribution is 5.39. The fraction of sp³-hybridized carbons (Fsp3) is 0.576. The van der Waals surface area contributed by atoms with E-state index in [2.05, 4.69) is 61.6 Å². The van der Waals surface area contributed by atoms with Crippen LogP contribution in [0.3, 0.4) is 0 Å². The van der Waals surface area contributed by atoms with Crippen LogP contribution in [0.1, 0.15) is 87.5 Å². The first-order valence-electron chi connectivity index (χ1n) is 14.3. The molecule has 0 aliphatic heterocycles. The van der Waals surface area contributed by atoms with Gasteiger partial charge in [-0.15, -0.1) is 0 Å². The van der Waals surface area contributed by atoms with Crippen LogP contribution in [0.15, 0.2) is 54.6 Å². The maximum atomic E-state index is 10.7. The molecule has 0 heterocycles. The number of hydrogen-bond acceptors (Lipinski definition) is 2. The molecule has 0 saturated heterocycles. The molecule has 2 nitrogen and oxygen atoms in total. The van der Waals surface area contributed by atoms with E-state index >= 15 is 0 Å². The second-order valence-corrected chi connectivity index (χ2v) is 12.0. The lowest BCUT2D eigenvalue weighted by molar-refractivity contribution is -0.00558. The summed E-state index contributed by atoms with van der Waals surface area (Å²) >= 11 is 0. The highest BCUT2D eigenvalue weighted by Crippen LogP contribution is 2.57. The van der Waals surface area contributed by atoms with Crippen molar-refractivity contribution in [3.05, 3.63) is 76.9 Å². The largest absolute Gasteiger partial charge is 0.508 e. The average molecular weight is 472 g/mol. The Kier molecular flexibility index (Phi) is 7.68. The molecule has 0 amide bonds. The molecule has 0 unspecified atom stereocenters. The molecule has 2 N–H and O–H groups in total. The van der Waals surface area contributed by atoms with Crippen LogP contribution >= 0.6 is 0 Å². The van der Waals surface area contributed by atoms with Crippen LogP contribution in [0.5, 0.6) is 5.75 Å². The topological polar surface area (TPSA) is 32.3 Å². The predicted molar refractivity (Wildman–Crippen MR) is 147 cm³/mol. The number of phenols is 1. The molecular formula is C33H45NO. The Morgan fingerprint density at radius 1 is 1.00 bits per heavy atom. The zero-order valence-electron chi connectivity index (χ0n) is 21.9. The summed E-state index contributed by atoms with van der Waals surface area (Å²) in [6.07, 6.45) is 18.2. The molecule has 3 aliphatic carbocycles. The maximum Gasteiger partial charge on any atom is 0.116 e. The third-order valence-corrected chi connectivity index (χ3v) is 9.46. The molecule has 3 aliphatic rings. The van der Waals surface area contributed by atoms with E-state index in [1.807, 2.05) is 12.1 Å². The zero-order chi connectivity index (χ0) is 24.3. The normalized spacial score (nSPS) is 30.3. The Balaban J connectivity index is 1.34. The van der Waals surface area contributed by atoms with Crippen LogP contribution in [-0.2, 0) is 19.4 Å². The van der Waals surface area contributed by atoms with Crippen LogP contribution in [0.4, 0.5) is 0 Å². The molecule has 2 fully saturated rings. The average Bonchev–Trinajstić information content (AvgIpc) is 2.84. The lowest BCUT2D eigenvalue weighted by Gasteiger charge is -2.54. The molecule has 5 atom stereocenters. The molecule has 2 aromatic carbocycles. The van der Waals surface area contributed by atoms with Crippen molar-refractivity contribution >= 4 is 0 Å². The van der Waals surface area contributed by atoms with Crippen molar-refractivity contribution in [2.45, 2.75) is 84.6 Å². The molecule has 188 valence electrons. The lowest BCUT2D eigenvalue weighted by atomic mass is 9.51. The fourth-order valence-electron chi connectivity index (χ4n) is 8.06. The minimum absolute atomic E-state index is 0.429. The van der Waals surface area contributed by atoms with E-state index in [4.69, 9.17) is 0 Å². The second-order valence-electron chi connectivity index (χ2n) is 12.0. The SMILES string of the molecule is CCNCc1ccccc1Cc1cc(O)cc(C[C@@H]2CCC[C@@H]3[C@H]2CCC[C@@]32C=CC[C@H](C)C2)c1. The molecule has 0 radical (unpaired) electrons. The quantitative estimate of drug-likeness (QED) is 0.403. The van der Waals surface area contributed by atoms with Gasteiger partial charge in [-0.25, -0.2) is 0 Å². The molecule has 2 saturated carbocycles. The van der Waals surface area contributed by atoms with Gasteiger partial charge in [0.25, 0.3) is 0 Å². The van der Waals surface area contributed by atoms with Crippen molar-refractivity contribution in [3.63, 3.8) is 0 Å². The molecule has 1 spiro atoms. The van der Waals surface area contributed by atoms with Crippen molar-refractivity contribution < 1.29 is 5.11 Å². The van der Waals surface area contributed by atoms with Gasteiger partial charge in [0.05, 0.1) is 0 Å². The van der Waals surface area contributed by atoms with Gasteiger partial charge in [0.15, 0.2) is 0 Å². The summed E-state index contributed by atoms with van der Waals surface area (Å²) in [6.45, 7) is 6.49. The Labute approximate surface area is 213 Å². The van der Waals surface area contributed by atoms with Crippen molar-refractivity contribution in [1.82, 2.24) is 5.32 Å². The Morgan fingerprint density at radius 2 is 1.83 bits per heavy atom. The van der Waals surface area contributed by atoms with Gasteiger partial charge in [-0.3, -0.25) is 0 Å². The molecule has 2 aromatic rings. The first kappa shape index (κ1) is 24.6. The highest BCUT2D eigenvalue weighted by atomic mass is 16.3. The third-order valence-electron chi connectivity index (χ3n) is 9.46. The number of rotatable bonds is 7. The van der Waals surface area contributed by atoms with E-state index in [0.29, 0.717) is 11.2 Å². The molecule has 35 heavy (non-hydrogen) atoms. The molecular weight excluding hydrogens is 426 g/mol. The smallest absolute Gasteiger partial charge is 0.116 e. The molecule has 5 rings (SSSR count). The van der Waals surface area contributed by atoms with Gasteiger partial charge in [0.2, 0.25) is 0 Å².